The molecule has 0 saturated carbocycles. The Bertz CT molecular complexity index is 904. The number of fused-ring (bicyclic) bond motifs is 1. The van der Waals surface area contributed by atoms with Crippen molar-refractivity contribution in [1.82, 2.24) is 19.5 Å². The van der Waals surface area contributed by atoms with Crippen LogP contribution in [0.3, 0.4) is 0 Å². The monoisotopic (exact) mass is 410 g/mol. The van der Waals surface area contributed by atoms with E-state index < -0.39 is 0 Å². The molecule has 2 aromatic heterocycles. The molecule has 6 heteroatoms. The van der Waals surface area contributed by atoms with Crippen molar-refractivity contribution in [3.05, 3.63) is 52.5 Å². The molecule has 0 unspecified atom stereocenters. The Morgan fingerprint density at radius 3 is 2.56 bits per heavy atom. The molecular weight excluding hydrogens is 387 g/mol. The maximum Gasteiger partial charge on any atom is 0.106 e. The van der Waals surface area contributed by atoms with Gasteiger partial charge in [-0.25, -0.2) is 4.98 Å². The molecule has 0 aliphatic carbocycles. The summed E-state index contributed by atoms with van der Waals surface area (Å²) in [6.45, 7) is 8.93. The molecule has 1 aromatic carbocycles. The normalized spacial score (nSPS) is 9.24. The van der Waals surface area contributed by atoms with Crippen LogP contribution in [-0.2, 0) is 39.3 Å². The van der Waals surface area contributed by atoms with Gasteiger partial charge in [-0.2, -0.15) is 34.4 Å². The van der Waals surface area contributed by atoms with Crippen LogP contribution in [0.15, 0.2) is 12.4 Å². The van der Waals surface area contributed by atoms with Crippen LogP contribution in [0.4, 0.5) is 0 Å². The standard InChI is InChI=1S/C10H13.C8H6N5.CH4.Y/c1-7-5-6-8(2)10(4)9(7)3;1-2-3-13-5-12-7(9)6-8(13)11-4-10-6;;/h5H,1-4H3;1,5,9H,3H2,(H,10,11);1H4;/q2*-1;;. The molecule has 0 aliphatic rings. The van der Waals surface area contributed by atoms with Crippen LogP contribution in [0.5, 0.6) is 0 Å². The zero-order valence-corrected chi connectivity index (χ0v) is 17.2. The van der Waals surface area contributed by atoms with E-state index in [9.17, 15) is 0 Å². The van der Waals surface area contributed by atoms with Crippen molar-refractivity contribution in [3.63, 3.8) is 0 Å². The van der Waals surface area contributed by atoms with Crippen molar-refractivity contribution in [2.75, 3.05) is 0 Å². The molecule has 0 amide bonds. The van der Waals surface area contributed by atoms with Gasteiger partial charge in [-0.15, -0.1) is 6.42 Å². The number of imidazole rings is 1. The Hall–Kier alpha value is -1.77. The molecule has 0 aliphatic heterocycles. The van der Waals surface area contributed by atoms with E-state index in [1.807, 2.05) is 0 Å². The van der Waals surface area contributed by atoms with Gasteiger partial charge in [0.15, 0.2) is 0 Å². The average molecular weight is 410 g/mol. The number of aromatic nitrogens is 4. The van der Waals surface area contributed by atoms with Crippen LogP contribution in [0.1, 0.15) is 29.7 Å². The van der Waals surface area contributed by atoms with Gasteiger partial charge >= 0.3 is 0 Å². The molecular formula is C19H23N5Y-2. The first-order valence-electron chi connectivity index (χ1n) is 7.20. The van der Waals surface area contributed by atoms with Gasteiger partial charge in [0, 0.05) is 32.7 Å². The third kappa shape index (κ3) is 5.35. The SMILES string of the molecule is C.C#CCn1cnc(=N)c2n[c-][nH]c21.Cc1[c-]cc(C)c(C)c1C.[Y]. The van der Waals surface area contributed by atoms with E-state index in [4.69, 9.17) is 11.8 Å². The van der Waals surface area contributed by atoms with Crippen molar-refractivity contribution in [2.24, 2.45) is 0 Å². The molecule has 129 valence electrons. The minimum absolute atomic E-state index is 0. The van der Waals surface area contributed by atoms with Gasteiger partial charge < -0.3 is 14.5 Å². The van der Waals surface area contributed by atoms with Gasteiger partial charge in [-0.3, -0.25) is 5.41 Å². The molecule has 3 aromatic rings. The molecule has 0 atom stereocenters. The summed E-state index contributed by atoms with van der Waals surface area (Å²) in [6.07, 6.45) is 9.23. The smallest absolute Gasteiger partial charge is 0.106 e. The molecule has 0 fully saturated rings. The van der Waals surface area contributed by atoms with E-state index in [1.54, 1.807) is 4.57 Å². The Morgan fingerprint density at radius 1 is 1.28 bits per heavy atom. The van der Waals surface area contributed by atoms with Crippen LogP contribution < -0.4 is 5.49 Å². The summed E-state index contributed by atoms with van der Waals surface area (Å²) in [5.41, 5.74) is 6.67. The second-order valence-corrected chi connectivity index (χ2v) is 5.32. The third-order valence-electron chi connectivity index (χ3n) is 3.89. The summed E-state index contributed by atoms with van der Waals surface area (Å²) < 4.78 is 1.71. The second kappa shape index (κ2) is 10.3. The van der Waals surface area contributed by atoms with Gasteiger partial charge in [0.1, 0.15) is 5.49 Å². The van der Waals surface area contributed by atoms with E-state index >= 15 is 0 Å². The molecule has 2 heterocycles. The molecule has 5 nitrogen and oxygen atoms in total. The summed E-state index contributed by atoms with van der Waals surface area (Å²) in [5.74, 6) is 2.49. The summed E-state index contributed by atoms with van der Waals surface area (Å²) in [5, 5.41) is 7.43. The number of benzene rings is 1. The van der Waals surface area contributed by atoms with Crippen molar-refractivity contribution in [3.8, 4) is 12.3 Å². The minimum atomic E-state index is 0. The zero-order valence-electron chi connectivity index (χ0n) is 14.4. The van der Waals surface area contributed by atoms with Gasteiger partial charge in [-0.1, -0.05) is 41.0 Å². The summed E-state index contributed by atoms with van der Waals surface area (Å²) in [6, 6.07) is 5.26. The van der Waals surface area contributed by atoms with Gasteiger partial charge in [0.25, 0.3) is 0 Å². The summed E-state index contributed by atoms with van der Waals surface area (Å²) in [4.78, 5) is 10.5. The van der Waals surface area contributed by atoms with Gasteiger partial charge in [0.05, 0.1) is 12.9 Å². The number of H-pyrrole nitrogens is 1. The van der Waals surface area contributed by atoms with E-state index in [1.165, 1.54) is 28.6 Å². The average Bonchev–Trinajstić information content (AvgIpc) is 3.03. The number of hydrogen-bond acceptors (Lipinski definition) is 3. The third-order valence-corrected chi connectivity index (χ3v) is 3.89. The van der Waals surface area contributed by atoms with Crippen molar-refractivity contribution in [1.29, 1.82) is 5.41 Å². The number of terminal acetylenes is 1. The fourth-order valence-electron chi connectivity index (χ4n) is 2.10. The topological polar surface area (TPSA) is 70.3 Å². The molecule has 0 spiro atoms. The molecule has 0 bridgehead atoms. The van der Waals surface area contributed by atoms with E-state index in [0.29, 0.717) is 17.7 Å². The van der Waals surface area contributed by atoms with Crippen LogP contribution in [0.2, 0.25) is 0 Å². The Morgan fingerprint density at radius 2 is 1.96 bits per heavy atom. The number of rotatable bonds is 1. The first kappa shape index (κ1) is 23.2. The maximum atomic E-state index is 7.43. The Kier molecular flexibility index (Phi) is 9.55. The van der Waals surface area contributed by atoms with Crippen LogP contribution in [0.25, 0.3) is 11.2 Å². The van der Waals surface area contributed by atoms with E-state index in [0.717, 1.165) is 0 Å². The van der Waals surface area contributed by atoms with E-state index in [2.05, 4.69) is 67.0 Å². The predicted molar refractivity (Wildman–Crippen MR) is 96.4 cm³/mol. The predicted octanol–water partition coefficient (Wildman–Crippen LogP) is 3.03. The summed E-state index contributed by atoms with van der Waals surface area (Å²) in [7, 11) is 0. The molecule has 3 rings (SSSR count). The Balaban J connectivity index is 0.000000440. The summed E-state index contributed by atoms with van der Waals surface area (Å²) >= 11 is 0. The first-order chi connectivity index (χ1) is 11.0. The van der Waals surface area contributed by atoms with Crippen LogP contribution in [-0.4, -0.2) is 19.5 Å². The Labute approximate surface area is 174 Å². The number of hydrogen-bond donors (Lipinski definition) is 2. The second-order valence-electron chi connectivity index (χ2n) is 5.32. The number of aryl methyl sites for hydroxylation is 2. The number of nitrogens with zero attached hydrogens (tertiary/aromatic N) is 3. The van der Waals surface area contributed by atoms with Gasteiger partial charge in [0.2, 0.25) is 0 Å². The van der Waals surface area contributed by atoms with E-state index in [-0.39, 0.29) is 45.6 Å². The largest absolute Gasteiger partial charge is 0.447 e. The zero-order chi connectivity index (χ0) is 17.0. The van der Waals surface area contributed by atoms with Crippen LogP contribution in [0, 0.1) is 57.8 Å². The van der Waals surface area contributed by atoms with Crippen LogP contribution >= 0.6 is 0 Å². The first-order valence-corrected chi connectivity index (χ1v) is 7.20. The van der Waals surface area contributed by atoms with Crippen molar-refractivity contribution < 1.29 is 32.7 Å². The molecule has 25 heavy (non-hydrogen) atoms. The number of nitrogens with one attached hydrogen (secondary N) is 2. The molecule has 2 N–H and O–H groups in total. The molecule has 1 radical (unpaired) electrons. The fraction of sp³-hybridized carbons (Fsp3) is 0.316. The fourth-order valence-corrected chi connectivity index (χ4v) is 2.10. The maximum absolute atomic E-state index is 7.43. The van der Waals surface area contributed by atoms with Gasteiger partial charge in [-0.05, 0) is 17.5 Å². The van der Waals surface area contributed by atoms with Crippen molar-refractivity contribution >= 4 is 11.2 Å². The quantitative estimate of drug-likeness (QED) is 0.478. The number of aromatic amines is 1. The minimum Gasteiger partial charge on any atom is -0.447 e. The van der Waals surface area contributed by atoms with Crippen molar-refractivity contribution in [2.45, 2.75) is 41.7 Å². The molecule has 0 saturated heterocycles.